The molecule has 0 amide bonds. The summed E-state index contributed by atoms with van der Waals surface area (Å²) in [6.45, 7) is 6.43. The number of nitrogens with zero attached hydrogens (tertiary/aromatic N) is 1. The number of phenols is 1. The monoisotopic (exact) mass is 376 g/mol. The van der Waals surface area contributed by atoms with Crippen molar-refractivity contribution >= 4 is 16.2 Å². The van der Waals surface area contributed by atoms with E-state index in [1.54, 1.807) is 49.4 Å². The van der Waals surface area contributed by atoms with Gasteiger partial charge in [0.25, 0.3) is 10.0 Å². The maximum atomic E-state index is 12.3. The zero-order chi connectivity index (χ0) is 19.2. The first-order valence-electron chi connectivity index (χ1n) is 8.42. The van der Waals surface area contributed by atoms with Gasteiger partial charge in [0, 0.05) is 5.56 Å². The smallest absolute Gasteiger partial charge is 0.276 e. The molecule has 0 unspecified atom stereocenters. The molecule has 0 saturated carbocycles. The van der Waals surface area contributed by atoms with Crippen molar-refractivity contribution in [1.82, 2.24) is 4.83 Å². The second-order valence-electron chi connectivity index (χ2n) is 6.22. The van der Waals surface area contributed by atoms with Crippen LogP contribution in [0.3, 0.4) is 0 Å². The maximum absolute atomic E-state index is 12.3. The molecule has 0 aliphatic carbocycles. The van der Waals surface area contributed by atoms with Crippen LogP contribution in [0, 0.1) is 5.92 Å². The van der Waals surface area contributed by atoms with E-state index in [9.17, 15) is 13.5 Å². The molecule has 7 heteroatoms. The lowest BCUT2D eigenvalue weighted by atomic mass is 10.0. The summed E-state index contributed by atoms with van der Waals surface area (Å²) in [6.07, 6.45) is 2.13. The minimum atomic E-state index is -3.77. The van der Waals surface area contributed by atoms with Crippen molar-refractivity contribution in [2.45, 2.75) is 32.1 Å². The molecule has 0 aliphatic heterocycles. The Morgan fingerprint density at radius 1 is 1.19 bits per heavy atom. The first kappa shape index (κ1) is 19.8. The van der Waals surface area contributed by atoms with Crippen LogP contribution in [-0.2, 0) is 16.4 Å². The van der Waals surface area contributed by atoms with Gasteiger partial charge in [-0.15, -0.1) is 0 Å². The van der Waals surface area contributed by atoms with Crippen LogP contribution < -0.4 is 9.57 Å². The van der Waals surface area contributed by atoms with Crippen LogP contribution in [0.2, 0.25) is 0 Å². The number of hydrogen-bond acceptors (Lipinski definition) is 5. The highest BCUT2D eigenvalue weighted by Gasteiger charge is 2.13. The fourth-order valence-electron chi connectivity index (χ4n) is 2.41. The highest BCUT2D eigenvalue weighted by Crippen LogP contribution is 2.28. The van der Waals surface area contributed by atoms with E-state index in [-0.39, 0.29) is 10.6 Å². The molecule has 0 heterocycles. The second-order valence-corrected chi connectivity index (χ2v) is 7.88. The van der Waals surface area contributed by atoms with E-state index in [2.05, 4.69) is 23.8 Å². The SMILES string of the molecule is CCOc1cccc(/C=N\NS(=O)(=O)c2ccc(CC(C)C)cc2)c1O. The van der Waals surface area contributed by atoms with Crippen LogP contribution in [0.25, 0.3) is 0 Å². The number of nitrogens with one attached hydrogen (secondary N) is 1. The summed E-state index contributed by atoms with van der Waals surface area (Å²) in [7, 11) is -3.77. The Bertz CT molecular complexity index is 860. The number of benzene rings is 2. The molecule has 26 heavy (non-hydrogen) atoms. The highest BCUT2D eigenvalue weighted by atomic mass is 32.2. The van der Waals surface area contributed by atoms with E-state index < -0.39 is 10.0 Å². The van der Waals surface area contributed by atoms with Crippen LogP contribution in [0.15, 0.2) is 52.5 Å². The van der Waals surface area contributed by atoms with Gasteiger partial charge >= 0.3 is 0 Å². The van der Waals surface area contributed by atoms with Crippen molar-refractivity contribution in [1.29, 1.82) is 0 Å². The number of rotatable bonds is 8. The quantitative estimate of drug-likeness (QED) is 0.546. The largest absolute Gasteiger partial charge is 0.504 e. The van der Waals surface area contributed by atoms with Crippen molar-refractivity contribution in [2.75, 3.05) is 6.61 Å². The summed E-state index contributed by atoms with van der Waals surface area (Å²) in [5, 5.41) is 13.8. The van der Waals surface area contributed by atoms with Crippen molar-refractivity contribution in [3.63, 3.8) is 0 Å². The highest BCUT2D eigenvalue weighted by molar-refractivity contribution is 7.89. The minimum Gasteiger partial charge on any atom is -0.504 e. The molecule has 2 N–H and O–H groups in total. The van der Waals surface area contributed by atoms with E-state index in [1.165, 1.54) is 6.21 Å². The lowest BCUT2D eigenvalue weighted by molar-refractivity contribution is 0.318. The molecular weight excluding hydrogens is 352 g/mol. The lowest BCUT2D eigenvalue weighted by Gasteiger charge is -2.08. The molecule has 2 aromatic rings. The van der Waals surface area contributed by atoms with Gasteiger partial charge in [-0.3, -0.25) is 0 Å². The van der Waals surface area contributed by atoms with Gasteiger partial charge in [-0.2, -0.15) is 13.5 Å². The molecule has 0 atom stereocenters. The van der Waals surface area contributed by atoms with E-state index in [0.717, 1.165) is 12.0 Å². The zero-order valence-corrected chi connectivity index (χ0v) is 16.0. The Hall–Kier alpha value is -2.54. The summed E-state index contributed by atoms with van der Waals surface area (Å²) in [6, 6.07) is 11.6. The molecular formula is C19H24N2O4S. The number of aromatic hydroxyl groups is 1. The molecule has 0 aliphatic rings. The fraction of sp³-hybridized carbons (Fsp3) is 0.316. The number of hydrogen-bond donors (Lipinski definition) is 2. The Kier molecular flexibility index (Phi) is 6.63. The third kappa shape index (κ3) is 5.23. The van der Waals surface area contributed by atoms with Gasteiger partial charge in [0.15, 0.2) is 11.5 Å². The first-order valence-corrected chi connectivity index (χ1v) is 9.90. The van der Waals surface area contributed by atoms with Crippen LogP contribution in [0.1, 0.15) is 31.9 Å². The number of phenolic OH excluding ortho intramolecular Hbond substituents is 1. The number of hydrazone groups is 1. The van der Waals surface area contributed by atoms with Gasteiger partial charge in [0.05, 0.1) is 17.7 Å². The van der Waals surface area contributed by atoms with Gasteiger partial charge in [-0.05, 0) is 49.1 Å². The summed E-state index contributed by atoms with van der Waals surface area (Å²) in [4.78, 5) is 2.29. The summed E-state index contributed by atoms with van der Waals surface area (Å²) < 4.78 is 29.9. The van der Waals surface area contributed by atoms with E-state index in [4.69, 9.17) is 4.74 Å². The second kappa shape index (κ2) is 8.71. The van der Waals surface area contributed by atoms with Gasteiger partial charge in [-0.1, -0.05) is 32.0 Å². The van der Waals surface area contributed by atoms with Crippen LogP contribution in [0.5, 0.6) is 11.5 Å². The number of sulfonamides is 1. The first-order chi connectivity index (χ1) is 12.3. The Labute approximate surface area is 154 Å². The van der Waals surface area contributed by atoms with Crippen LogP contribution >= 0.6 is 0 Å². The maximum Gasteiger partial charge on any atom is 0.276 e. The Morgan fingerprint density at radius 3 is 2.50 bits per heavy atom. The molecule has 140 valence electrons. The van der Waals surface area contributed by atoms with Crippen molar-refractivity contribution in [3.05, 3.63) is 53.6 Å². The molecule has 0 aromatic heterocycles. The van der Waals surface area contributed by atoms with Crippen LogP contribution in [0.4, 0.5) is 0 Å². The van der Waals surface area contributed by atoms with Gasteiger partial charge in [0.2, 0.25) is 0 Å². The van der Waals surface area contributed by atoms with Gasteiger partial charge < -0.3 is 9.84 Å². The fourth-order valence-corrected chi connectivity index (χ4v) is 3.20. The van der Waals surface area contributed by atoms with Gasteiger partial charge in [-0.25, -0.2) is 4.83 Å². The van der Waals surface area contributed by atoms with E-state index in [0.29, 0.717) is 23.8 Å². The Morgan fingerprint density at radius 2 is 1.88 bits per heavy atom. The number of para-hydroxylation sites is 1. The number of ether oxygens (including phenoxy) is 1. The average Bonchev–Trinajstić information content (AvgIpc) is 2.58. The third-order valence-electron chi connectivity index (χ3n) is 3.58. The predicted molar refractivity (Wildman–Crippen MR) is 102 cm³/mol. The summed E-state index contributed by atoms with van der Waals surface area (Å²) >= 11 is 0. The average molecular weight is 376 g/mol. The molecule has 0 saturated heterocycles. The molecule has 0 fully saturated rings. The van der Waals surface area contributed by atoms with Gasteiger partial charge in [0.1, 0.15) is 0 Å². The van der Waals surface area contributed by atoms with Crippen molar-refractivity contribution < 1.29 is 18.3 Å². The molecule has 0 radical (unpaired) electrons. The van der Waals surface area contributed by atoms with Crippen molar-refractivity contribution in [2.24, 2.45) is 11.0 Å². The summed E-state index contributed by atoms with van der Waals surface area (Å²) in [5.74, 6) is 0.732. The standard InChI is InChI=1S/C19H24N2O4S/c1-4-25-18-7-5-6-16(19(18)22)13-20-21-26(23,24)17-10-8-15(9-11-17)12-14(2)3/h5-11,13-14,21-22H,4,12H2,1-3H3/b20-13-. The molecule has 2 aromatic carbocycles. The van der Waals surface area contributed by atoms with E-state index >= 15 is 0 Å². The normalized spacial score (nSPS) is 11.8. The van der Waals surface area contributed by atoms with Crippen molar-refractivity contribution in [3.8, 4) is 11.5 Å². The molecule has 2 rings (SSSR count). The topological polar surface area (TPSA) is 88.0 Å². The third-order valence-corrected chi connectivity index (χ3v) is 4.82. The Balaban J connectivity index is 2.10. The lowest BCUT2D eigenvalue weighted by Crippen LogP contribution is -2.18. The molecule has 0 spiro atoms. The molecule has 0 bridgehead atoms. The predicted octanol–water partition coefficient (Wildman–Crippen LogP) is 3.30. The van der Waals surface area contributed by atoms with E-state index in [1.807, 2.05) is 0 Å². The summed E-state index contributed by atoms with van der Waals surface area (Å²) in [5.41, 5.74) is 1.44. The minimum absolute atomic E-state index is 0.0877. The molecule has 6 nitrogen and oxygen atoms in total. The zero-order valence-electron chi connectivity index (χ0n) is 15.1. The van der Waals surface area contributed by atoms with Crippen LogP contribution in [-0.4, -0.2) is 26.3 Å².